The third-order valence-corrected chi connectivity index (χ3v) is 9.32. The van der Waals surface area contributed by atoms with Gasteiger partial charge in [0.2, 0.25) is 11.8 Å². The summed E-state index contributed by atoms with van der Waals surface area (Å²) in [6.07, 6.45) is 9.92. The average Bonchev–Trinajstić information content (AvgIpc) is 3.21. The van der Waals surface area contributed by atoms with Crippen LogP contribution >= 0.6 is 0 Å². The summed E-state index contributed by atoms with van der Waals surface area (Å²) in [5.74, 6) is -0.969. The van der Waals surface area contributed by atoms with Gasteiger partial charge < -0.3 is 16.0 Å². The first kappa shape index (κ1) is 26.5. The zero-order valence-electron chi connectivity index (χ0n) is 23.3. The summed E-state index contributed by atoms with van der Waals surface area (Å²) in [4.78, 5) is 46.8. The second-order valence-corrected chi connectivity index (χ2v) is 12.4. The van der Waals surface area contributed by atoms with Crippen molar-refractivity contribution in [1.29, 1.82) is 0 Å². The Hall–Kier alpha value is -3.72. The number of imide groups is 1. The number of carbonyl (C=O) groups excluding carboxylic acids is 3. The largest absolute Gasteiger partial charge is 0.403 e. The molecule has 4 N–H and O–H groups in total. The number of amides is 3. The Labute approximate surface area is 234 Å². The molecule has 0 aromatic heterocycles. The van der Waals surface area contributed by atoms with Crippen LogP contribution in [-0.2, 0) is 9.59 Å². The number of benzene rings is 2. The molecule has 9 nitrogen and oxygen atoms in total. The van der Waals surface area contributed by atoms with E-state index < -0.39 is 11.9 Å². The summed E-state index contributed by atoms with van der Waals surface area (Å²) < 4.78 is 0. The van der Waals surface area contributed by atoms with Gasteiger partial charge in [0.1, 0.15) is 6.04 Å². The number of nitrogens with zero attached hydrogens (tertiary/aromatic N) is 3. The molecular weight excluding hydrogens is 504 g/mol. The van der Waals surface area contributed by atoms with Gasteiger partial charge in [0.05, 0.1) is 16.9 Å². The highest BCUT2D eigenvalue weighted by Crippen LogP contribution is 2.43. The van der Waals surface area contributed by atoms with Gasteiger partial charge in [0.25, 0.3) is 5.91 Å². The first-order valence-electron chi connectivity index (χ1n) is 14.4. The zero-order valence-corrected chi connectivity index (χ0v) is 23.3. The van der Waals surface area contributed by atoms with Gasteiger partial charge in [-0.3, -0.25) is 29.6 Å². The van der Waals surface area contributed by atoms with E-state index in [1.807, 2.05) is 30.5 Å². The van der Waals surface area contributed by atoms with E-state index in [4.69, 9.17) is 10.7 Å². The monoisotopic (exact) mass is 542 g/mol. The fourth-order valence-corrected chi connectivity index (χ4v) is 6.65. The summed E-state index contributed by atoms with van der Waals surface area (Å²) in [6, 6.07) is 8.62. The smallest absolute Gasteiger partial charge is 0.259 e. The van der Waals surface area contributed by atoms with Crippen molar-refractivity contribution in [2.75, 3.05) is 29.9 Å². The Bertz CT molecular complexity index is 1430. The highest BCUT2D eigenvalue weighted by Gasteiger charge is 2.41. The molecule has 6 rings (SSSR count). The van der Waals surface area contributed by atoms with Crippen molar-refractivity contribution in [2.45, 2.75) is 70.4 Å². The van der Waals surface area contributed by atoms with Crippen molar-refractivity contribution in [2.24, 2.45) is 16.1 Å². The van der Waals surface area contributed by atoms with Gasteiger partial charge in [-0.05, 0) is 62.6 Å². The average molecular weight is 543 g/mol. The minimum Gasteiger partial charge on any atom is -0.403 e. The molecule has 4 aliphatic rings. The second-order valence-electron chi connectivity index (χ2n) is 12.4. The lowest BCUT2D eigenvalue weighted by Crippen LogP contribution is -2.53. The number of allylic oxidation sites excluding steroid dienone is 1. The number of piperidine rings is 2. The fourth-order valence-electron chi connectivity index (χ4n) is 6.65. The molecule has 0 radical (unpaired) electrons. The molecular formula is C31H38N6O3. The minimum absolute atomic E-state index is 0.135. The van der Waals surface area contributed by atoms with Crippen LogP contribution in [0.2, 0.25) is 0 Å². The highest BCUT2D eigenvalue weighted by molar-refractivity contribution is 6.28. The van der Waals surface area contributed by atoms with Crippen molar-refractivity contribution in [3.05, 3.63) is 47.8 Å². The summed E-state index contributed by atoms with van der Waals surface area (Å²) >= 11 is 0. The molecule has 2 saturated heterocycles. The lowest BCUT2D eigenvalue weighted by atomic mass is 9.70. The third-order valence-electron chi connectivity index (χ3n) is 9.32. The molecule has 3 aliphatic heterocycles. The number of nitrogens with one attached hydrogen (secondary N) is 2. The van der Waals surface area contributed by atoms with Crippen LogP contribution in [-0.4, -0.2) is 60.1 Å². The van der Waals surface area contributed by atoms with E-state index >= 15 is 0 Å². The predicted octanol–water partition coefficient (Wildman–Crippen LogP) is 3.93. The Morgan fingerprint density at radius 3 is 2.58 bits per heavy atom. The SMILES string of the molecule is CC1(CN2CCC(C)(N=C/C(=C\N)Nc3ccc4c5c(cccc35)C(=O)N4C3CCC(=O)NC3=O)CC2)CCC1. The van der Waals surface area contributed by atoms with E-state index in [0.29, 0.717) is 28.8 Å². The molecule has 9 heteroatoms. The lowest BCUT2D eigenvalue weighted by molar-refractivity contribution is -0.134. The summed E-state index contributed by atoms with van der Waals surface area (Å²) in [6.45, 7) is 7.94. The maximum Gasteiger partial charge on any atom is 0.259 e. The van der Waals surface area contributed by atoms with Crippen molar-refractivity contribution >= 4 is 46.1 Å². The number of likely N-dealkylation sites (tertiary alicyclic amines) is 1. The van der Waals surface area contributed by atoms with E-state index in [2.05, 4.69) is 29.4 Å². The van der Waals surface area contributed by atoms with Crippen molar-refractivity contribution in [3.63, 3.8) is 0 Å². The van der Waals surface area contributed by atoms with E-state index in [1.54, 1.807) is 6.07 Å². The van der Waals surface area contributed by atoms with Crippen LogP contribution in [0.1, 0.15) is 69.2 Å². The maximum atomic E-state index is 13.4. The van der Waals surface area contributed by atoms with E-state index in [0.717, 1.165) is 42.4 Å². The Kier molecular flexibility index (Phi) is 6.65. The summed E-state index contributed by atoms with van der Waals surface area (Å²) in [5, 5.41) is 7.43. The van der Waals surface area contributed by atoms with Crippen molar-refractivity contribution in [1.82, 2.24) is 10.2 Å². The van der Waals surface area contributed by atoms with Crippen LogP contribution in [0.25, 0.3) is 10.8 Å². The van der Waals surface area contributed by atoms with Gasteiger partial charge in [-0.25, -0.2) is 0 Å². The zero-order chi connectivity index (χ0) is 28.1. The molecule has 1 saturated carbocycles. The number of carbonyl (C=O) groups is 3. The predicted molar refractivity (Wildman–Crippen MR) is 157 cm³/mol. The molecule has 1 atom stereocenters. The van der Waals surface area contributed by atoms with Crippen LogP contribution in [0.4, 0.5) is 11.4 Å². The normalized spacial score (nSPS) is 24.4. The Balaban J connectivity index is 1.18. The molecule has 2 aromatic carbocycles. The van der Waals surface area contributed by atoms with E-state index in [1.165, 1.54) is 36.9 Å². The topological polar surface area (TPSA) is 120 Å². The minimum atomic E-state index is -0.713. The van der Waals surface area contributed by atoms with E-state index in [9.17, 15) is 14.4 Å². The van der Waals surface area contributed by atoms with Crippen molar-refractivity contribution in [3.8, 4) is 0 Å². The quantitative estimate of drug-likeness (QED) is 0.360. The lowest BCUT2D eigenvalue weighted by Gasteiger charge is -2.45. The number of hydrogen-bond donors (Lipinski definition) is 3. The van der Waals surface area contributed by atoms with E-state index in [-0.39, 0.29) is 23.8 Å². The molecule has 2 aromatic rings. The first-order chi connectivity index (χ1) is 19.2. The Morgan fingerprint density at radius 2 is 1.90 bits per heavy atom. The molecule has 1 aliphatic carbocycles. The summed E-state index contributed by atoms with van der Waals surface area (Å²) in [7, 11) is 0. The van der Waals surface area contributed by atoms with Gasteiger partial charge in [-0.15, -0.1) is 0 Å². The number of aliphatic imine (C=N–C) groups is 1. The fraction of sp³-hybridized carbons (Fsp3) is 0.484. The standard InChI is InChI=1S/C31H38N6O3/c1-30(11-4-12-30)19-36-15-13-31(2,14-16-36)33-18-20(17-32)34-23-7-8-24-27-21(23)5-3-6-22(27)29(40)37(24)25-9-10-26(38)35-28(25)39/h3,5-8,17-18,25,34H,4,9-16,19,32H2,1-2H3,(H,35,38,39)/b20-17+,33-18?. The van der Waals surface area contributed by atoms with Crippen LogP contribution in [0, 0.1) is 5.41 Å². The number of anilines is 2. The molecule has 0 bridgehead atoms. The van der Waals surface area contributed by atoms with Crippen LogP contribution in [0.3, 0.4) is 0 Å². The van der Waals surface area contributed by atoms with Gasteiger partial charge in [-0.1, -0.05) is 25.5 Å². The molecule has 210 valence electrons. The summed E-state index contributed by atoms with van der Waals surface area (Å²) in [5.41, 5.74) is 9.09. The highest BCUT2D eigenvalue weighted by atomic mass is 16.2. The maximum absolute atomic E-state index is 13.4. The number of rotatable bonds is 7. The van der Waals surface area contributed by atoms with Gasteiger partial charge in [-0.2, -0.15) is 0 Å². The van der Waals surface area contributed by atoms with Gasteiger partial charge in [0, 0.05) is 60.5 Å². The third kappa shape index (κ3) is 4.76. The molecule has 0 spiro atoms. The number of nitrogens with two attached hydrogens (primary N) is 1. The van der Waals surface area contributed by atoms with Gasteiger partial charge in [0.15, 0.2) is 0 Å². The van der Waals surface area contributed by atoms with Crippen LogP contribution in [0.15, 0.2) is 47.2 Å². The van der Waals surface area contributed by atoms with Crippen LogP contribution < -0.4 is 21.3 Å². The Morgan fingerprint density at radius 1 is 1.12 bits per heavy atom. The molecule has 3 heterocycles. The van der Waals surface area contributed by atoms with Gasteiger partial charge >= 0.3 is 0 Å². The second kappa shape index (κ2) is 10.0. The number of hydrogen-bond acceptors (Lipinski definition) is 7. The molecule has 1 unspecified atom stereocenters. The molecule has 3 amide bonds. The van der Waals surface area contributed by atoms with Crippen molar-refractivity contribution < 1.29 is 14.4 Å². The first-order valence-corrected chi connectivity index (χ1v) is 14.4. The van der Waals surface area contributed by atoms with Crippen LogP contribution in [0.5, 0.6) is 0 Å². The molecule has 3 fully saturated rings. The molecule has 40 heavy (non-hydrogen) atoms.